The van der Waals surface area contributed by atoms with Crippen LogP contribution in [0, 0.1) is 6.92 Å². The third-order valence-corrected chi connectivity index (χ3v) is 8.44. The molecule has 5 rings (SSSR count). The maximum Gasteiger partial charge on any atom is 0.256 e. The fraction of sp³-hybridized carbons (Fsp3) is 0.360. The van der Waals surface area contributed by atoms with Gasteiger partial charge in [0.15, 0.2) is 0 Å². The first kappa shape index (κ1) is 22.8. The van der Waals surface area contributed by atoms with Crippen molar-refractivity contribution >= 4 is 21.7 Å². The van der Waals surface area contributed by atoms with Gasteiger partial charge in [-0.1, -0.05) is 30.3 Å². The smallest absolute Gasteiger partial charge is 0.256 e. The molecule has 1 saturated heterocycles. The zero-order valence-corrected chi connectivity index (χ0v) is 19.9. The van der Waals surface area contributed by atoms with Gasteiger partial charge in [0.1, 0.15) is 5.82 Å². The maximum atomic E-state index is 13.2. The summed E-state index contributed by atoms with van der Waals surface area (Å²) in [5, 5.41) is 7.59. The SMILES string of the molecule is Cc1cnn(C2CCCc3ccccc32)c1NC(=O)c1cccc(S(=O)(=O)N2CCOCC2)c1. The second kappa shape index (κ2) is 9.32. The first-order chi connectivity index (χ1) is 16.4. The number of hydrogen-bond donors (Lipinski definition) is 1. The zero-order valence-electron chi connectivity index (χ0n) is 19.1. The lowest BCUT2D eigenvalue weighted by atomic mass is 9.88. The molecule has 2 aliphatic rings. The van der Waals surface area contributed by atoms with E-state index in [2.05, 4.69) is 28.6 Å². The number of fused-ring (bicyclic) bond motifs is 1. The van der Waals surface area contributed by atoms with Crippen molar-refractivity contribution in [3.8, 4) is 0 Å². The number of benzene rings is 2. The molecule has 0 saturated carbocycles. The Labute approximate surface area is 199 Å². The zero-order chi connectivity index (χ0) is 23.7. The summed E-state index contributed by atoms with van der Waals surface area (Å²) in [5.74, 6) is 0.265. The van der Waals surface area contributed by atoms with Crippen molar-refractivity contribution in [2.45, 2.75) is 37.1 Å². The first-order valence-electron chi connectivity index (χ1n) is 11.6. The largest absolute Gasteiger partial charge is 0.379 e. The van der Waals surface area contributed by atoms with E-state index in [1.807, 2.05) is 17.7 Å². The third-order valence-electron chi connectivity index (χ3n) is 6.55. The summed E-state index contributed by atoms with van der Waals surface area (Å²) in [6.45, 7) is 3.26. The molecule has 1 atom stereocenters. The van der Waals surface area contributed by atoms with Crippen molar-refractivity contribution in [3.05, 3.63) is 77.0 Å². The second-order valence-electron chi connectivity index (χ2n) is 8.73. The molecule has 2 heterocycles. The molecule has 0 radical (unpaired) electrons. The van der Waals surface area contributed by atoms with Gasteiger partial charge in [-0.2, -0.15) is 9.40 Å². The molecule has 9 heteroatoms. The number of morpholine rings is 1. The van der Waals surface area contributed by atoms with Crippen LogP contribution in [0.5, 0.6) is 0 Å². The summed E-state index contributed by atoms with van der Waals surface area (Å²) >= 11 is 0. The van der Waals surface area contributed by atoms with E-state index in [0.29, 0.717) is 32.1 Å². The van der Waals surface area contributed by atoms with E-state index < -0.39 is 10.0 Å². The van der Waals surface area contributed by atoms with Gasteiger partial charge in [-0.3, -0.25) is 4.79 Å². The molecule has 1 unspecified atom stereocenters. The highest BCUT2D eigenvalue weighted by Gasteiger charge is 2.28. The van der Waals surface area contributed by atoms with Crippen molar-refractivity contribution in [2.24, 2.45) is 0 Å². The van der Waals surface area contributed by atoms with E-state index in [0.717, 1.165) is 24.8 Å². The van der Waals surface area contributed by atoms with Crippen molar-refractivity contribution in [3.63, 3.8) is 0 Å². The van der Waals surface area contributed by atoms with Crippen LogP contribution in [0.3, 0.4) is 0 Å². The van der Waals surface area contributed by atoms with E-state index in [9.17, 15) is 13.2 Å². The molecule has 1 N–H and O–H groups in total. The summed E-state index contributed by atoms with van der Waals surface area (Å²) < 4.78 is 34.6. The predicted octanol–water partition coefficient (Wildman–Crippen LogP) is 3.39. The van der Waals surface area contributed by atoms with Crippen molar-refractivity contribution in [2.75, 3.05) is 31.6 Å². The van der Waals surface area contributed by atoms with Crippen LogP contribution in [0.4, 0.5) is 5.82 Å². The molecule has 34 heavy (non-hydrogen) atoms. The van der Waals surface area contributed by atoms with Crippen LogP contribution in [-0.4, -0.2) is 54.7 Å². The summed E-state index contributed by atoms with van der Waals surface area (Å²) in [4.78, 5) is 13.3. The fourth-order valence-corrected chi connectivity index (χ4v) is 6.19. The van der Waals surface area contributed by atoms with Gasteiger partial charge in [-0.25, -0.2) is 13.1 Å². The van der Waals surface area contributed by atoms with E-state index in [4.69, 9.17) is 4.74 Å². The number of nitrogens with zero attached hydrogens (tertiary/aromatic N) is 3. The number of aryl methyl sites for hydroxylation is 2. The van der Waals surface area contributed by atoms with Crippen LogP contribution in [0.2, 0.25) is 0 Å². The number of anilines is 1. The van der Waals surface area contributed by atoms with E-state index in [1.54, 1.807) is 18.3 Å². The van der Waals surface area contributed by atoms with Gasteiger partial charge in [-0.05, 0) is 55.5 Å². The number of aromatic nitrogens is 2. The number of sulfonamides is 1. The monoisotopic (exact) mass is 480 g/mol. The van der Waals surface area contributed by atoms with Gasteiger partial charge < -0.3 is 10.1 Å². The van der Waals surface area contributed by atoms with Crippen molar-refractivity contribution in [1.82, 2.24) is 14.1 Å². The summed E-state index contributed by atoms with van der Waals surface area (Å²) in [7, 11) is -3.69. The Balaban J connectivity index is 1.42. The molecule has 178 valence electrons. The molecule has 1 aliphatic heterocycles. The molecule has 0 spiro atoms. The highest BCUT2D eigenvalue weighted by Crippen LogP contribution is 2.35. The number of nitrogens with one attached hydrogen (secondary N) is 1. The minimum Gasteiger partial charge on any atom is -0.379 e. The first-order valence-corrected chi connectivity index (χ1v) is 13.0. The molecule has 2 aromatic carbocycles. The number of ether oxygens (including phenoxy) is 1. The molecule has 1 aliphatic carbocycles. The normalized spacial score (nSPS) is 18.9. The van der Waals surface area contributed by atoms with Crippen LogP contribution in [-0.2, 0) is 21.2 Å². The third kappa shape index (κ3) is 4.26. The van der Waals surface area contributed by atoms with E-state index >= 15 is 0 Å². The van der Waals surface area contributed by atoms with Gasteiger partial charge in [0.25, 0.3) is 5.91 Å². The lowest BCUT2D eigenvalue weighted by molar-refractivity contribution is 0.0730. The highest BCUT2D eigenvalue weighted by molar-refractivity contribution is 7.89. The lowest BCUT2D eigenvalue weighted by Crippen LogP contribution is -2.40. The molecule has 3 aromatic rings. The Kier molecular flexibility index (Phi) is 6.24. The minimum absolute atomic E-state index is 0.0435. The van der Waals surface area contributed by atoms with E-state index in [1.165, 1.54) is 27.6 Å². The molecular weight excluding hydrogens is 452 g/mol. The van der Waals surface area contributed by atoms with Crippen LogP contribution in [0.1, 0.15) is 45.9 Å². The number of amides is 1. The molecule has 0 bridgehead atoms. The van der Waals surface area contributed by atoms with Gasteiger partial charge in [-0.15, -0.1) is 0 Å². The number of carbonyl (C=O) groups is 1. The topological polar surface area (TPSA) is 93.5 Å². The Morgan fingerprint density at radius 3 is 2.74 bits per heavy atom. The highest BCUT2D eigenvalue weighted by atomic mass is 32.2. The Morgan fingerprint density at radius 1 is 1.12 bits per heavy atom. The van der Waals surface area contributed by atoms with E-state index in [-0.39, 0.29) is 22.4 Å². The fourth-order valence-electron chi connectivity index (χ4n) is 4.74. The molecule has 1 aromatic heterocycles. The number of rotatable bonds is 5. The molecular formula is C25H28N4O4S. The van der Waals surface area contributed by atoms with Crippen molar-refractivity contribution in [1.29, 1.82) is 0 Å². The molecule has 1 amide bonds. The Hall–Kier alpha value is -3.01. The Bertz CT molecular complexity index is 1310. The lowest BCUT2D eigenvalue weighted by Gasteiger charge is -2.27. The second-order valence-corrected chi connectivity index (χ2v) is 10.7. The van der Waals surface area contributed by atoms with Crippen LogP contribution < -0.4 is 5.32 Å². The Morgan fingerprint density at radius 2 is 1.91 bits per heavy atom. The van der Waals surface area contributed by atoms with Gasteiger partial charge in [0, 0.05) is 24.2 Å². The number of carbonyl (C=O) groups excluding carboxylic acids is 1. The quantitative estimate of drug-likeness (QED) is 0.604. The molecule has 8 nitrogen and oxygen atoms in total. The van der Waals surface area contributed by atoms with Crippen LogP contribution in [0.25, 0.3) is 0 Å². The van der Waals surface area contributed by atoms with Gasteiger partial charge >= 0.3 is 0 Å². The van der Waals surface area contributed by atoms with Gasteiger partial charge in [0.2, 0.25) is 10.0 Å². The van der Waals surface area contributed by atoms with Gasteiger partial charge in [0.05, 0.1) is 30.3 Å². The summed E-state index contributed by atoms with van der Waals surface area (Å²) in [6.07, 6.45) is 4.79. The standard InChI is InChI=1S/C25H28N4O4S/c1-18-17-26-29(23-11-5-7-19-6-2-3-10-22(19)23)24(18)27-25(30)20-8-4-9-21(16-20)34(31,32)28-12-14-33-15-13-28/h2-4,6,8-10,16-17,23H,5,7,11-15H2,1H3,(H,27,30). The summed E-state index contributed by atoms with van der Waals surface area (Å²) in [6, 6.07) is 14.6. The average molecular weight is 481 g/mol. The van der Waals surface area contributed by atoms with Crippen LogP contribution >= 0.6 is 0 Å². The molecule has 1 fully saturated rings. The van der Waals surface area contributed by atoms with Crippen molar-refractivity contribution < 1.29 is 17.9 Å². The summed E-state index contributed by atoms with van der Waals surface area (Å²) in [5.41, 5.74) is 3.68. The van der Waals surface area contributed by atoms with Crippen LogP contribution in [0.15, 0.2) is 59.6 Å². The maximum absolute atomic E-state index is 13.2. The average Bonchev–Trinajstić information content (AvgIpc) is 3.23. The number of hydrogen-bond acceptors (Lipinski definition) is 5. The minimum atomic E-state index is -3.69. The predicted molar refractivity (Wildman–Crippen MR) is 128 cm³/mol.